The third-order valence-corrected chi connectivity index (χ3v) is 5.45. The summed E-state index contributed by atoms with van der Waals surface area (Å²) < 4.78 is 21.1. The van der Waals surface area contributed by atoms with Crippen LogP contribution >= 0.6 is 23.4 Å². The summed E-state index contributed by atoms with van der Waals surface area (Å²) in [4.78, 5) is 12.4. The molecule has 4 rings (SSSR count). The van der Waals surface area contributed by atoms with Crippen LogP contribution in [0.2, 0.25) is 5.02 Å². The van der Waals surface area contributed by atoms with E-state index >= 15 is 0 Å². The van der Waals surface area contributed by atoms with Crippen molar-refractivity contribution in [3.8, 4) is 17.1 Å². The van der Waals surface area contributed by atoms with Crippen molar-refractivity contribution in [2.75, 3.05) is 11.1 Å². The predicted octanol–water partition coefficient (Wildman–Crippen LogP) is 5.36. The highest BCUT2D eigenvalue weighted by atomic mass is 35.5. The van der Waals surface area contributed by atoms with E-state index in [9.17, 15) is 9.18 Å². The Morgan fingerprint density at radius 1 is 1.20 bits per heavy atom. The first-order valence-electron chi connectivity index (χ1n) is 8.96. The maximum absolute atomic E-state index is 13.9. The van der Waals surface area contributed by atoms with Crippen LogP contribution < -0.4 is 5.32 Å². The SMILES string of the molecule is Cc1occc1-c1nnc(SCC(=O)Nc2cc(Cl)ccc2F)n1-c1ccccc1. The normalized spacial score (nSPS) is 10.9. The Morgan fingerprint density at radius 2 is 2.00 bits per heavy atom. The zero-order valence-corrected chi connectivity index (χ0v) is 17.4. The summed E-state index contributed by atoms with van der Waals surface area (Å²) in [5.41, 5.74) is 1.69. The fourth-order valence-electron chi connectivity index (χ4n) is 2.87. The van der Waals surface area contributed by atoms with E-state index in [1.54, 1.807) is 6.26 Å². The standard InChI is InChI=1S/C21H16ClFN4O2S/c1-13-16(9-10-29-13)20-25-26-21(27(20)15-5-3-2-4-6-15)30-12-19(28)24-18-11-14(22)7-8-17(18)23/h2-11H,12H2,1H3,(H,24,28). The molecule has 0 unspecified atom stereocenters. The molecule has 6 nitrogen and oxygen atoms in total. The summed E-state index contributed by atoms with van der Waals surface area (Å²) in [7, 11) is 0. The van der Waals surface area contributed by atoms with Crippen molar-refractivity contribution in [2.45, 2.75) is 12.1 Å². The number of aryl methyl sites for hydroxylation is 1. The summed E-state index contributed by atoms with van der Waals surface area (Å²) in [6, 6.07) is 15.4. The summed E-state index contributed by atoms with van der Waals surface area (Å²) in [5, 5.41) is 12.0. The molecule has 0 radical (unpaired) electrons. The molecule has 0 atom stereocenters. The van der Waals surface area contributed by atoms with Gasteiger partial charge in [-0.05, 0) is 43.3 Å². The molecule has 2 aromatic carbocycles. The Kier molecular flexibility index (Phi) is 5.87. The molecular formula is C21H16ClFN4O2S. The second kappa shape index (κ2) is 8.73. The van der Waals surface area contributed by atoms with E-state index in [1.807, 2.05) is 47.9 Å². The van der Waals surface area contributed by atoms with Gasteiger partial charge in [0.1, 0.15) is 11.6 Å². The largest absolute Gasteiger partial charge is 0.469 e. The quantitative estimate of drug-likeness (QED) is 0.407. The van der Waals surface area contributed by atoms with E-state index in [1.165, 1.54) is 30.0 Å². The first-order valence-corrected chi connectivity index (χ1v) is 10.3. The Hall–Kier alpha value is -3.10. The van der Waals surface area contributed by atoms with Crippen molar-refractivity contribution in [2.24, 2.45) is 0 Å². The van der Waals surface area contributed by atoms with Gasteiger partial charge in [0, 0.05) is 10.7 Å². The Balaban J connectivity index is 1.59. The number of carbonyl (C=O) groups is 1. The summed E-state index contributed by atoms with van der Waals surface area (Å²) in [6.45, 7) is 1.85. The van der Waals surface area contributed by atoms with Crippen molar-refractivity contribution in [1.82, 2.24) is 14.8 Å². The fraction of sp³-hybridized carbons (Fsp3) is 0.0952. The number of benzene rings is 2. The monoisotopic (exact) mass is 442 g/mol. The van der Waals surface area contributed by atoms with Gasteiger partial charge in [-0.2, -0.15) is 0 Å². The van der Waals surface area contributed by atoms with Crippen LogP contribution in [0.4, 0.5) is 10.1 Å². The number of furan rings is 1. The molecule has 0 saturated carbocycles. The number of para-hydroxylation sites is 1. The average Bonchev–Trinajstić information content (AvgIpc) is 3.35. The molecule has 1 N–H and O–H groups in total. The van der Waals surface area contributed by atoms with Gasteiger partial charge >= 0.3 is 0 Å². The fourth-order valence-corrected chi connectivity index (χ4v) is 3.80. The van der Waals surface area contributed by atoms with Gasteiger partial charge in [-0.15, -0.1) is 10.2 Å². The minimum atomic E-state index is -0.553. The molecule has 30 heavy (non-hydrogen) atoms. The zero-order valence-electron chi connectivity index (χ0n) is 15.8. The molecule has 0 aliphatic heterocycles. The van der Waals surface area contributed by atoms with E-state index in [0.717, 1.165) is 11.3 Å². The number of amides is 1. The van der Waals surface area contributed by atoms with Gasteiger partial charge in [-0.3, -0.25) is 9.36 Å². The van der Waals surface area contributed by atoms with Gasteiger partial charge in [0.2, 0.25) is 5.91 Å². The summed E-state index contributed by atoms with van der Waals surface area (Å²) in [5.74, 6) is 0.399. The van der Waals surface area contributed by atoms with Crippen molar-refractivity contribution < 1.29 is 13.6 Å². The van der Waals surface area contributed by atoms with Crippen LogP contribution in [-0.4, -0.2) is 26.4 Å². The lowest BCUT2D eigenvalue weighted by Gasteiger charge is -2.10. The van der Waals surface area contributed by atoms with Crippen LogP contribution in [-0.2, 0) is 4.79 Å². The van der Waals surface area contributed by atoms with Crippen molar-refractivity contribution in [3.63, 3.8) is 0 Å². The van der Waals surface area contributed by atoms with Crippen LogP contribution in [0.1, 0.15) is 5.76 Å². The molecule has 2 aromatic heterocycles. The highest BCUT2D eigenvalue weighted by molar-refractivity contribution is 7.99. The van der Waals surface area contributed by atoms with Crippen LogP contribution in [0.5, 0.6) is 0 Å². The van der Waals surface area contributed by atoms with Crippen LogP contribution in [0.3, 0.4) is 0 Å². The Morgan fingerprint density at radius 3 is 2.73 bits per heavy atom. The molecule has 0 aliphatic carbocycles. The molecular weight excluding hydrogens is 427 g/mol. The van der Waals surface area contributed by atoms with Crippen LogP contribution in [0.15, 0.2) is 70.4 Å². The minimum absolute atomic E-state index is 0.0152. The smallest absolute Gasteiger partial charge is 0.234 e. The number of hydrogen-bond acceptors (Lipinski definition) is 5. The molecule has 0 fully saturated rings. The topological polar surface area (TPSA) is 72.9 Å². The Labute approximate surface area is 181 Å². The summed E-state index contributed by atoms with van der Waals surface area (Å²) in [6.07, 6.45) is 1.59. The third-order valence-electron chi connectivity index (χ3n) is 4.28. The number of aromatic nitrogens is 3. The number of nitrogens with one attached hydrogen (secondary N) is 1. The van der Waals surface area contributed by atoms with Gasteiger partial charge in [0.15, 0.2) is 11.0 Å². The van der Waals surface area contributed by atoms with Gasteiger partial charge < -0.3 is 9.73 Å². The number of nitrogens with zero attached hydrogens (tertiary/aromatic N) is 3. The van der Waals surface area contributed by atoms with E-state index < -0.39 is 5.82 Å². The lowest BCUT2D eigenvalue weighted by molar-refractivity contribution is -0.113. The first-order chi connectivity index (χ1) is 14.5. The van der Waals surface area contributed by atoms with Crippen LogP contribution in [0.25, 0.3) is 17.1 Å². The second-order valence-corrected chi connectivity index (χ2v) is 7.71. The minimum Gasteiger partial charge on any atom is -0.469 e. The number of carbonyl (C=O) groups excluding carboxylic acids is 1. The lowest BCUT2D eigenvalue weighted by Crippen LogP contribution is -2.15. The number of anilines is 1. The highest BCUT2D eigenvalue weighted by Gasteiger charge is 2.20. The average molecular weight is 443 g/mol. The Bertz CT molecular complexity index is 1190. The maximum Gasteiger partial charge on any atom is 0.234 e. The zero-order chi connectivity index (χ0) is 21.1. The number of thioether (sulfide) groups is 1. The lowest BCUT2D eigenvalue weighted by atomic mass is 10.2. The third kappa shape index (κ3) is 4.24. The van der Waals surface area contributed by atoms with E-state index in [0.29, 0.717) is 21.8 Å². The highest BCUT2D eigenvalue weighted by Crippen LogP contribution is 2.30. The van der Waals surface area contributed by atoms with E-state index in [2.05, 4.69) is 15.5 Å². The molecule has 0 bridgehead atoms. The van der Waals surface area contributed by atoms with Crippen molar-refractivity contribution in [1.29, 1.82) is 0 Å². The van der Waals surface area contributed by atoms with E-state index in [-0.39, 0.29) is 17.3 Å². The predicted molar refractivity (Wildman–Crippen MR) is 115 cm³/mol. The maximum atomic E-state index is 13.9. The molecule has 0 saturated heterocycles. The molecule has 9 heteroatoms. The second-order valence-electron chi connectivity index (χ2n) is 6.33. The van der Waals surface area contributed by atoms with Gasteiger partial charge in [0.25, 0.3) is 0 Å². The molecule has 2 heterocycles. The molecule has 0 aliphatic rings. The van der Waals surface area contributed by atoms with Crippen LogP contribution in [0, 0.1) is 12.7 Å². The first kappa shape index (κ1) is 20.2. The number of halogens is 2. The molecule has 1 amide bonds. The molecule has 152 valence electrons. The number of rotatable bonds is 6. The summed E-state index contributed by atoms with van der Waals surface area (Å²) >= 11 is 7.07. The molecule has 0 spiro atoms. The van der Waals surface area contributed by atoms with Crippen molar-refractivity contribution in [3.05, 3.63) is 77.5 Å². The van der Waals surface area contributed by atoms with Gasteiger partial charge in [-0.25, -0.2) is 4.39 Å². The van der Waals surface area contributed by atoms with Crippen molar-refractivity contribution >= 4 is 35.0 Å². The van der Waals surface area contributed by atoms with Gasteiger partial charge in [0.05, 0.1) is 23.3 Å². The number of hydrogen-bond donors (Lipinski definition) is 1. The van der Waals surface area contributed by atoms with E-state index in [4.69, 9.17) is 16.0 Å². The van der Waals surface area contributed by atoms with Gasteiger partial charge in [-0.1, -0.05) is 41.6 Å². The molecule has 4 aromatic rings.